The Hall–Kier alpha value is -1.57. The molecule has 0 atom stereocenters. The SMILES string of the molecule is COc1[c-]c2c(cc1)-c1ccc(OC)cc1C2.COc1[c-]c2c(cc1)-c1ccc(OC)cc1C2.[Cl-].[Cl-].[Zr+2].[Zr+2]. The van der Waals surface area contributed by atoms with Crippen molar-refractivity contribution in [3.05, 3.63) is 95.1 Å². The zero-order valence-corrected chi connectivity index (χ0v) is 28.0. The van der Waals surface area contributed by atoms with Gasteiger partial charge in [0.05, 0.1) is 28.4 Å². The van der Waals surface area contributed by atoms with E-state index < -0.39 is 0 Å². The smallest absolute Gasteiger partial charge is 1.00 e. The Bertz CT molecular complexity index is 1170. The van der Waals surface area contributed by atoms with Gasteiger partial charge in [-0.3, -0.25) is 0 Å². The molecule has 38 heavy (non-hydrogen) atoms. The van der Waals surface area contributed by atoms with Crippen molar-refractivity contribution in [2.75, 3.05) is 28.4 Å². The van der Waals surface area contributed by atoms with Gasteiger partial charge in [-0.2, -0.15) is 12.1 Å². The first-order valence-electron chi connectivity index (χ1n) is 11.2. The largest absolute Gasteiger partial charge is 2.00 e. The number of fused-ring (bicyclic) bond motifs is 6. The van der Waals surface area contributed by atoms with Gasteiger partial charge in [0.25, 0.3) is 0 Å². The van der Waals surface area contributed by atoms with Crippen molar-refractivity contribution < 1.29 is 96.2 Å². The zero-order valence-electron chi connectivity index (χ0n) is 21.6. The second kappa shape index (κ2) is 15.3. The molecule has 0 unspecified atom stereocenters. The van der Waals surface area contributed by atoms with E-state index in [1.165, 1.54) is 44.5 Å². The van der Waals surface area contributed by atoms with Crippen LogP contribution in [-0.2, 0) is 65.2 Å². The van der Waals surface area contributed by atoms with Crippen LogP contribution in [-0.4, -0.2) is 28.4 Å². The van der Waals surface area contributed by atoms with E-state index in [1.54, 1.807) is 28.4 Å². The third kappa shape index (κ3) is 6.94. The molecule has 0 amide bonds. The molecule has 0 bridgehead atoms. The third-order valence-electron chi connectivity index (χ3n) is 6.38. The third-order valence-corrected chi connectivity index (χ3v) is 6.38. The number of ether oxygens (including phenoxy) is 4. The summed E-state index contributed by atoms with van der Waals surface area (Å²) in [5.74, 6) is 3.40. The molecule has 0 aliphatic heterocycles. The van der Waals surface area contributed by atoms with Crippen molar-refractivity contribution in [3.63, 3.8) is 0 Å². The second-order valence-electron chi connectivity index (χ2n) is 8.24. The van der Waals surface area contributed by atoms with E-state index in [-0.39, 0.29) is 77.2 Å². The molecule has 0 fully saturated rings. The van der Waals surface area contributed by atoms with Crippen molar-refractivity contribution >= 4 is 0 Å². The van der Waals surface area contributed by atoms with E-state index in [2.05, 4.69) is 48.5 Å². The summed E-state index contributed by atoms with van der Waals surface area (Å²) in [5.41, 5.74) is 10.1. The van der Waals surface area contributed by atoms with Crippen molar-refractivity contribution in [2.45, 2.75) is 12.8 Å². The minimum Gasteiger partial charge on any atom is -1.00 e. The van der Waals surface area contributed by atoms with Crippen LogP contribution < -0.4 is 43.8 Å². The Balaban J connectivity index is 0.000000344. The summed E-state index contributed by atoms with van der Waals surface area (Å²) in [6, 6.07) is 27.1. The van der Waals surface area contributed by atoms with Crippen LogP contribution in [0.2, 0.25) is 0 Å². The molecule has 4 aromatic rings. The standard InChI is InChI=1S/2C15H13O2.2ClH.2Zr/c2*1-16-12-3-5-14-10(8-12)7-11-9-13(17-2)4-6-15(11)14;;;;/h2*3-6,8H,7H2,1-2H3;2*1H;;/q2*-1;;;2*+2/p-2. The molecule has 4 nitrogen and oxygen atoms in total. The Labute approximate surface area is 275 Å². The number of methoxy groups -OCH3 is 4. The van der Waals surface area contributed by atoms with Crippen LogP contribution in [0.1, 0.15) is 22.3 Å². The predicted octanol–water partition coefficient (Wildman–Crippen LogP) is 0.153. The molecular weight excluding hydrogens is 678 g/mol. The number of halogens is 2. The van der Waals surface area contributed by atoms with E-state index in [0.29, 0.717) is 0 Å². The van der Waals surface area contributed by atoms with Crippen molar-refractivity contribution in [1.29, 1.82) is 0 Å². The Morgan fingerprint density at radius 2 is 0.868 bits per heavy atom. The molecule has 0 saturated heterocycles. The maximum atomic E-state index is 5.25. The summed E-state index contributed by atoms with van der Waals surface area (Å²) in [6.07, 6.45) is 1.80. The maximum absolute atomic E-state index is 5.25. The predicted molar refractivity (Wildman–Crippen MR) is 133 cm³/mol. The summed E-state index contributed by atoms with van der Waals surface area (Å²) < 4.78 is 20.9. The summed E-state index contributed by atoms with van der Waals surface area (Å²) >= 11 is 0. The molecule has 4 aromatic carbocycles. The molecule has 2 aliphatic rings. The first-order valence-corrected chi connectivity index (χ1v) is 11.2. The molecule has 0 saturated carbocycles. The first-order chi connectivity index (χ1) is 16.6. The summed E-state index contributed by atoms with van der Waals surface area (Å²) in [5, 5.41) is 0. The van der Waals surface area contributed by atoms with Gasteiger partial charge in [-0.15, -0.1) is 46.5 Å². The Morgan fingerprint density at radius 1 is 0.500 bits per heavy atom. The van der Waals surface area contributed by atoms with Gasteiger partial charge in [0.1, 0.15) is 11.5 Å². The van der Waals surface area contributed by atoms with Crippen LogP contribution >= 0.6 is 0 Å². The van der Waals surface area contributed by atoms with Gasteiger partial charge in [-0.25, -0.2) is 0 Å². The molecular formula is C30H26Cl2O4Zr2. The minimum atomic E-state index is 0. The van der Waals surface area contributed by atoms with Crippen LogP contribution in [0, 0.1) is 12.1 Å². The van der Waals surface area contributed by atoms with E-state index in [0.717, 1.165) is 35.8 Å². The van der Waals surface area contributed by atoms with Crippen LogP contribution in [0.5, 0.6) is 23.0 Å². The number of rotatable bonds is 4. The molecule has 0 N–H and O–H groups in total. The van der Waals surface area contributed by atoms with Gasteiger partial charge >= 0.3 is 52.4 Å². The maximum Gasteiger partial charge on any atom is 2.00 e. The molecule has 0 spiro atoms. The van der Waals surface area contributed by atoms with Crippen molar-refractivity contribution in [1.82, 2.24) is 0 Å². The average molecular weight is 704 g/mol. The molecule has 0 radical (unpaired) electrons. The molecule has 8 heteroatoms. The fraction of sp³-hybridized carbons (Fsp3) is 0.200. The van der Waals surface area contributed by atoms with Gasteiger partial charge in [0.15, 0.2) is 0 Å². The van der Waals surface area contributed by atoms with E-state index >= 15 is 0 Å². The number of hydrogen-bond acceptors (Lipinski definition) is 4. The van der Waals surface area contributed by atoms with E-state index in [4.69, 9.17) is 18.9 Å². The molecule has 6 rings (SSSR count). The zero-order chi connectivity index (χ0) is 23.7. The van der Waals surface area contributed by atoms with Gasteiger partial charge in [0, 0.05) is 11.5 Å². The fourth-order valence-electron chi connectivity index (χ4n) is 4.65. The quantitative estimate of drug-likeness (QED) is 0.246. The second-order valence-corrected chi connectivity index (χ2v) is 8.24. The normalized spacial score (nSPS) is 10.6. The van der Waals surface area contributed by atoms with Gasteiger partial charge in [-0.05, 0) is 48.2 Å². The van der Waals surface area contributed by atoms with Crippen LogP contribution in [0.25, 0.3) is 22.3 Å². The van der Waals surface area contributed by atoms with E-state index in [9.17, 15) is 0 Å². The molecule has 2 aliphatic carbocycles. The summed E-state index contributed by atoms with van der Waals surface area (Å²) in [4.78, 5) is 0. The first kappa shape index (κ1) is 34.5. The Morgan fingerprint density at radius 3 is 1.21 bits per heavy atom. The molecule has 0 aromatic heterocycles. The molecule has 192 valence electrons. The summed E-state index contributed by atoms with van der Waals surface area (Å²) in [6.45, 7) is 0. The summed E-state index contributed by atoms with van der Waals surface area (Å²) in [7, 11) is 6.73. The van der Waals surface area contributed by atoms with Gasteiger partial charge < -0.3 is 43.8 Å². The van der Waals surface area contributed by atoms with Crippen molar-refractivity contribution in [3.8, 4) is 45.3 Å². The van der Waals surface area contributed by atoms with Gasteiger partial charge in [0.2, 0.25) is 0 Å². The average Bonchev–Trinajstić information content (AvgIpc) is 3.44. The van der Waals surface area contributed by atoms with Gasteiger partial charge in [-0.1, -0.05) is 23.3 Å². The fourth-order valence-corrected chi connectivity index (χ4v) is 4.65. The van der Waals surface area contributed by atoms with Crippen LogP contribution in [0.3, 0.4) is 0 Å². The molecule has 0 heterocycles. The number of hydrogen-bond donors (Lipinski definition) is 0. The minimum absolute atomic E-state index is 0. The number of benzene rings is 4. The Kier molecular flexibility index (Phi) is 13.9. The van der Waals surface area contributed by atoms with Crippen LogP contribution in [0.4, 0.5) is 0 Å². The monoisotopic (exact) mass is 700 g/mol. The van der Waals surface area contributed by atoms with E-state index in [1.807, 2.05) is 24.3 Å². The topological polar surface area (TPSA) is 36.9 Å². The van der Waals surface area contributed by atoms with Crippen LogP contribution in [0.15, 0.2) is 60.7 Å². The van der Waals surface area contributed by atoms with Crippen molar-refractivity contribution in [2.24, 2.45) is 0 Å².